The van der Waals surface area contributed by atoms with E-state index >= 15 is 0 Å². The Balaban J connectivity index is 2.50. The summed E-state index contributed by atoms with van der Waals surface area (Å²) in [5, 5.41) is 3.32. The van der Waals surface area contributed by atoms with Gasteiger partial charge in [0.1, 0.15) is 0 Å². The van der Waals surface area contributed by atoms with Gasteiger partial charge in [0.25, 0.3) is 0 Å². The minimum Gasteiger partial charge on any atom is -0.342 e. The molecule has 1 heterocycles. The zero-order valence-corrected chi connectivity index (χ0v) is 10.4. The van der Waals surface area contributed by atoms with E-state index in [0.717, 1.165) is 25.9 Å². The van der Waals surface area contributed by atoms with Crippen LogP contribution in [0.15, 0.2) is 0 Å². The standard InChI is InChI=1S/C12H24N2O/c1-9(2)10(3)12(15)14(4)11-5-7-13-8-6-11/h9-11,13H,5-8H2,1-4H3. The second-order valence-electron chi connectivity index (χ2n) is 4.96. The second kappa shape index (κ2) is 5.50. The van der Waals surface area contributed by atoms with Crippen molar-refractivity contribution < 1.29 is 4.79 Å². The molecule has 1 saturated heterocycles. The molecule has 1 atom stereocenters. The average molecular weight is 212 g/mol. The molecule has 1 rings (SSSR count). The number of nitrogens with zero attached hydrogens (tertiary/aromatic N) is 1. The maximum absolute atomic E-state index is 12.1. The zero-order chi connectivity index (χ0) is 11.4. The molecule has 1 unspecified atom stereocenters. The quantitative estimate of drug-likeness (QED) is 0.768. The van der Waals surface area contributed by atoms with E-state index in [1.165, 1.54) is 0 Å². The Morgan fingerprint density at radius 2 is 1.80 bits per heavy atom. The molecule has 0 bridgehead atoms. The van der Waals surface area contributed by atoms with Crippen molar-refractivity contribution in [3.63, 3.8) is 0 Å². The number of amides is 1. The molecule has 0 aliphatic carbocycles. The highest BCUT2D eigenvalue weighted by molar-refractivity contribution is 5.78. The van der Waals surface area contributed by atoms with Crippen LogP contribution in [0, 0.1) is 11.8 Å². The van der Waals surface area contributed by atoms with Crippen molar-refractivity contribution >= 4 is 5.91 Å². The first-order valence-electron chi connectivity index (χ1n) is 6.01. The molecule has 0 aromatic carbocycles. The van der Waals surface area contributed by atoms with E-state index in [9.17, 15) is 4.79 Å². The molecular weight excluding hydrogens is 188 g/mol. The van der Waals surface area contributed by atoms with E-state index in [1.807, 2.05) is 18.9 Å². The highest BCUT2D eigenvalue weighted by Gasteiger charge is 2.26. The topological polar surface area (TPSA) is 32.3 Å². The predicted molar refractivity (Wildman–Crippen MR) is 62.7 cm³/mol. The Hall–Kier alpha value is -0.570. The number of carbonyl (C=O) groups is 1. The molecule has 3 heteroatoms. The fourth-order valence-corrected chi connectivity index (χ4v) is 1.98. The third-order valence-electron chi connectivity index (χ3n) is 3.59. The monoisotopic (exact) mass is 212 g/mol. The van der Waals surface area contributed by atoms with Gasteiger partial charge < -0.3 is 10.2 Å². The van der Waals surface area contributed by atoms with Crippen molar-refractivity contribution in [1.29, 1.82) is 0 Å². The third kappa shape index (κ3) is 3.20. The largest absolute Gasteiger partial charge is 0.342 e. The minimum absolute atomic E-state index is 0.143. The Bertz CT molecular complexity index is 210. The van der Waals surface area contributed by atoms with Crippen LogP contribution in [0.4, 0.5) is 0 Å². The summed E-state index contributed by atoms with van der Waals surface area (Å²) in [6.45, 7) is 8.33. The summed E-state index contributed by atoms with van der Waals surface area (Å²) in [4.78, 5) is 14.1. The van der Waals surface area contributed by atoms with Gasteiger partial charge in [-0.05, 0) is 31.8 Å². The second-order valence-corrected chi connectivity index (χ2v) is 4.96. The summed E-state index contributed by atoms with van der Waals surface area (Å²) in [6.07, 6.45) is 2.18. The lowest BCUT2D eigenvalue weighted by Gasteiger charge is -2.34. The van der Waals surface area contributed by atoms with Crippen LogP contribution >= 0.6 is 0 Å². The Kier molecular flexibility index (Phi) is 4.58. The fraction of sp³-hybridized carbons (Fsp3) is 0.917. The Morgan fingerprint density at radius 3 is 2.27 bits per heavy atom. The fourth-order valence-electron chi connectivity index (χ4n) is 1.98. The summed E-state index contributed by atoms with van der Waals surface area (Å²) >= 11 is 0. The van der Waals surface area contributed by atoms with Gasteiger partial charge in [0.05, 0.1) is 0 Å². The van der Waals surface area contributed by atoms with E-state index in [1.54, 1.807) is 0 Å². The van der Waals surface area contributed by atoms with Crippen LogP contribution in [0.25, 0.3) is 0 Å². The normalized spacial score (nSPS) is 20.3. The molecule has 0 aromatic rings. The van der Waals surface area contributed by atoms with Crippen molar-refractivity contribution in [2.75, 3.05) is 20.1 Å². The molecule has 88 valence electrons. The zero-order valence-electron chi connectivity index (χ0n) is 10.4. The van der Waals surface area contributed by atoms with Gasteiger partial charge in [0, 0.05) is 19.0 Å². The van der Waals surface area contributed by atoms with Gasteiger partial charge in [-0.25, -0.2) is 0 Å². The van der Waals surface area contributed by atoms with Crippen molar-refractivity contribution in [1.82, 2.24) is 10.2 Å². The van der Waals surface area contributed by atoms with Crippen LogP contribution < -0.4 is 5.32 Å². The first kappa shape index (κ1) is 12.5. The molecule has 1 N–H and O–H groups in total. The van der Waals surface area contributed by atoms with Gasteiger partial charge in [-0.15, -0.1) is 0 Å². The molecule has 0 radical (unpaired) electrons. The lowest BCUT2D eigenvalue weighted by molar-refractivity contribution is -0.137. The first-order chi connectivity index (χ1) is 7.04. The lowest BCUT2D eigenvalue weighted by atomic mass is 9.95. The molecular formula is C12H24N2O. The van der Waals surface area contributed by atoms with Crippen molar-refractivity contribution in [2.45, 2.75) is 39.7 Å². The molecule has 0 spiro atoms. The van der Waals surface area contributed by atoms with Crippen LogP contribution in [-0.2, 0) is 4.79 Å². The van der Waals surface area contributed by atoms with Gasteiger partial charge in [-0.2, -0.15) is 0 Å². The molecule has 0 aromatic heterocycles. The minimum atomic E-state index is 0.143. The summed E-state index contributed by atoms with van der Waals surface area (Å²) < 4.78 is 0. The van der Waals surface area contributed by atoms with E-state index in [2.05, 4.69) is 19.2 Å². The number of nitrogens with one attached hydrogen (secondary N) is 1. The SMILES string of the molecule is CC(C)C(C)C(=O)N(C)C1CCNCC1. The van der Waals surface area contributed by atoms with E-state index in [-0.39, 0.29) is 5.92 Å². The summed E-state index contributed by atoms with van der Waals surface area (Å²) in [5.74, 6) is 0.878. The molecule has 0 saturated carbocycles. The van der Waals surface area contributed by atoms with Crippen molar-refractivity contribution in [3.05, 3.63) is 0 Å². The molecule has 1 amide bonds. The third-order valence-corrected chi connectivity index (χ3v) is 3.59. The van der Waals surface area contributed by atoms with Gasteiger partial charge in [0.2, 0.25) is 5.91 Å². The van der Waals surface area contributed by atoms with Gasteiger partial charge >= 0.3 is 0 Å². The number of hydrogen-bond acceptors (Lipinski definition) is 2. The van der Waals surface area contributed by atoms with E-state index in [4.69, 9.17) is 0 Å². The number of rotatable bonds is 3. The summed E-state index contributed by atoms with van der Waals surface area (Å²) in [6, 6.07) is 0.444. The summed E-state index contributed by atoms with van der Waals surface area (Å²) in [7, 11) is 1.96. The van der Waals surface area contributed by atoms with Crippen molar-refractivity contribution in [2.24, 2.45) is 11.8 Å². The van der Waals surface area contributed by atoms with Gasteiger partial charge in [-0.3, -0.25) is 4.79 Å². The van der Waals surface area contributed by atoms with E-state index < -0.39 is 0 Å². The maximum Gasteiger partial charge on any atom is 0.225 e. The molecule has 3 nitrogen and oxygen atoms in total. The number of piperidine rings is 1. The predicted octanol–water partition coefficient (Wildman–Crippen LogP) is 1.49. The van der Waals surface area contributed by atoms with Crippen molar-refractivity contribution in [3.8, 4) is 0 Å². The average Bonchev–Trinajstić information content (AvgIpc) is 2.27. The first-order valence-corrected chi connectivity index (χ1v) is 6.01. The summed E-state index contributed by atoms with van der Waals surface area (Å²) in [5.41, 5.74) is 0. The van der Waals surface area contributed by atoms with Crippen LogP contribution in [0.3, 0.4) is 0 Å². The lowest BCUT2D eigenvalue weighted by Crippen LogP contribution is -2.46. The van der Waals surface area contributed by atoms with Gasteiger partial charge in [-0.1, -0.05) is 20.8 Å². The molecule has 15 heavy (non-hydrogen) atoms. The van der Waals surface area contributed by atoms with E-state index in [0.29, 0.717) is 17.9 Å². The number of carbonyl (C=O) groups excluding carboxylic acids is 1. The Morgan fingerprint density at radius 1 is 1.27 bits per heavy atom. The van der Waals surface area contributed by atoms with Gasteiger partial charge in [0.15, 0.2) is 0 Å². The van der Waals surface area contributed by atoms with Crippen LogP contribution in [0.5, 0.6) is 0 Å². The number of hydrogen-bond donors (Lipinski definition) is 1. The molecule has 1 fully saturated rings. The molecule has 1 aliphatic rings. The molecule has 1 aliphatic heterocycles. The van der Waals surface area contributed by atoms with Crippen LogP contribution in [0.1, 0.15) is 33.6 Å². The smallest absolute Gasteiger partial charge is 0.225 e. The highest BCUT2D eigenvalue weighted by Crippen LogP contribution is 2.17. The van der Waals surface area contributed by atoms with Crippen LogP contribution in [-0.4, -0.2) is 37.0 Å². The maximum atomic E-state index is 12.1. The Labute approximate surface area is 93.2 Å². The highest BCUT2D eigenvalue weighted by atomic mass is 16.2. The van der Waals surface area contributed by atoms with Crippen LogP contribution in [0.2, 0.25) is 0 Å².